The van der Waals surface area contributed by atoms with Crippen LogP contribution >= 0.6 is 11.6 Å². The summed E-state index contributed by atoms with van der Waals surface area (Å²) in [7, 11) is 0. The van der Waals surface area contributed by atoms with Crippen molar-refractivity contribution < 1.29 is 9.59 Å². The summed E-state index contributed by atoms with van der Waals surface area (Å²) in [5, 5.41) is 1.27. The van der Waals surface area contributed by atoms with E-state index >= 15 is 0 Å². The highest BCUT2D eigenvalue weighted by molar-refractivity contribution is 6.45. The number of hydrogen-bond acceptors (Lipinski definition) is 3. The van der Waals surface area contributed by atoms with Gasteiger partial charge in [-0.15, -0.1) is 11.6 Å². The van der Waals surface area contributed by atoms with Gasteiger partial charge in [0.2, 0.25) is 5.78 Å². The van der Waals surface area contributed by atoms with Crippen molar-refractivity contribution in [3.63, 3.8) is 0 Å². The number of anilines is 1. The van der Waals surface area contributed by atoms with Gasteiger partial charge < -0.3 is 10.3 Å². The number of rotatable bonds is 4. The molecule has 5 nitrogen and oxygen atoms in total. The van der Waals surface area contributed by atoms with E-state index in [1.165, 1.54) is 12.5 Å². The van der Waals surface area contributed by atoms with E-state index in [0.717, 1.165) is 0 Å². The number of benzene rings is 1. The number of nitrogens with zero attached hydrogens (tertiary/aromatic N) is 1. The summed E-state index contributed by atoms with van der Waals surface area (Å²) in [6, 6.07) is 8.79. The van der Waals surface area contributed by atoms with Crippen LogP contribution in [0.15, 0.2) is 42.9 Å². The van der Waals surface area contributed by atoms with Crippen LogP contribution in [0.3, 0.4) is 0 Å². The van der Waals surface area contributed by atoms with E-state index in [1.807, 2.05) is 6.07 Å². The summed E-state index contributed by atoms with van der Waals surface area (Å²) in [5.74, 6) is -1.08. The fraction of sp³-hybridized carbons (Fsp3) is 0.0833. The highest BCUT2D eigenvalue weighted by atomic mass is 35.5. The lowest BCUT2D eigenvalue weighted by atomic mass is 10.2. The monoisotopic (exact) mass is 263 g/mol. The van der Waals surface area contributed by atoms with Crippen molar-refractivity contribution in [3.8, 4) is 0 Å². The molecule has 1 aromatic heterocycles. The Kier molecular flexibility index (Phi) is 3.74. The average molecular weight is 264 g/mol. The van der Waals surface area contributed by atoms with Gasteiger partial charge in [0.05, 0.1) is 12.5 Å². The van der Waals surface area contributed by atoms with Gasteiger partial charge >= 0.3 is 0 Å². The first-order valence-corrected chi connectivity index (χ1v) is 5.64. The maximum atomic E-state index is 11.8. The quantitative estimate of drug-likeness (QED) is 0.502. The number of carbonyl (C=O) groups excluding carboxylic acids is 2. The number of aromatic nitrogens is 2. The molecule has 0 radical (unpaired) electrons. The molecule has 1 amide bonds. The number of H-pyrrole nitrogens is 1. The largest absolute Gasteiger partial charge is 0.342 e. The van der Waals surface area contributed by atoms with Crippen molar-refractivity contribution in [1.82, 2.24) is 9.97 Å². The third-order valence-corrected chi connectivity index (χ3v) is 2.66. The van der Waals surface area contributed by atoms with Crippen LogP contribution in [0.1, 0.15) is 10.5 Å². The van der Waals surface area contributed by atoms with Gasteiger partial charge in [0.25, 0.3) is 5.91 Å². The van der Waals surface area contributed by atoms with E-state index in [-0.39, 0.29) is 5.69 Å². The smallest absolute Gasteiger partial charge is 0.250 e. The lowest BCUT2D eigenvalue weighted by Gasteiger charge is -2.08. The second kappa shape index (κ2) is 5.46. The summed E-state index contributed by atoms with van der Waals surface area (Å²) in [6.45, 7) is 0. The molecule has 0 aliphatic rings. The minimum Gasteiger partial charge on any atom is -0.342 e. The van der Waals surface area contributed by atoms with Crippen molar-refractivity contribution in [2.45, 2.75) is 5.38 Å². The number of Topliss-reactive ketones (excluding diaryl/α,β-unsaturated/α-hetero) is 1. The summed E-state index contributed by atoms with van der Waals surface area (Å²) in [4.78, 5) is 29.8. The number of hydrogen-bond donors (Lipinski definition) is 2. The number of nitrogens with one attached hydrogen (secondary N) is 2. The van der Waals surface area contributed by atoms with E-state index in [0.29, 0.717) is 5.69 Å². The van der Waals surface area contributed by atoms with E-state index in [4.69, 9.17) is 11.6 Å². The van der Waals surface area contributed by atoms with Crippen LogP contribution in [0.4, 0.5) is 5.69 Å². The number of para-hydroxylation sites is 1. The summed E-state index contributed by atoms with van der Waals surface area (Å²) < 4.78 is 0. The second-order valence-corrected chi connectivity index (χ2v) is 3.98. The molecule has 0 aliphatic heterocycles. The molecule has 1 heterocycles. The molecule has 2 N–H and O–H groups in total. The second-order valence-electron chi connectivity index (χ2n) is 3.55. The maximum absolute atomic E-state index is 11.8. The molecule has 0 aliphatic carbocycles. The van der Waals surface area contributed by atoms with Crippen LogP contribution in [0, 0.1) is 0 Å². The summed E-state index contributed by atoms with van der Waals surface area (Å²) in [6.07, 6.45) is 2.68. The predicted molar refractivity (Wildman–Crippen MR) is 67.6 cm³/mol. The van der Waals surface area contributed by atoms with Gasteiger partial charge in [0, 0.05) is 5.69 Å². The molecule has 0 bridgehead atoms. The number of aromatic amines is 1. The van der Waals surface area contributed by atoms with Crippen LogP contribution in [-0.4, -0.2) is 27.0 Å². The van der Waals surface area contributed by atoms with Gasteiger partial charge in [0.1, 0.15) is 5.69 Å². The zero-order valence-corrected chi connectivity index (χ0v) is 10.0. The number of imidazole rings is 1. The third-order valence-electron chi connectivity index (χ3n) is 2.27. The Morgan fingerprint density at radius 3 is 2.61 bits per heavy atom. The molecule has 2 aromatic rings. The topological polar surface area (TPSA) is 74.8 Å². The SMILES string of the molecule is O=C(Nc1ccccc1)C(Cl)C(=O)c1cnc[nH]1. The number of halogens is 1. The lowest BCUT2D eigenvalue weighted by Crippen LogP contribution is -2.30. The van der Waals surface area contributed by atoms with Gasteiger partial charge in [-0.1, -0.05) is 18.2 Å². The van der Waals surface area contributed by atoms with Crippen molar-refractivity contribution in [3.05, 3.63) is 48.5 Å². The minimum absolute atomic E-state index is 0.207. The fourth-order valence-electron chi connectivity index (χ4n) is 1.37. The van der Waals surface area contributed by atoms with Crippen molar-refractivity contribution in [1.29, 1.82) is 0 Å². The normalized spacial score (nSPS) is 11.8. The number of carbonyl (C=O) groups is 2. The Bertz CT molecular complexity index is 540. The van der Waals surface area contributed by atoms with E-state index in [1.54, 1.807) is 24.3 Å². The standard InChI is InChI=1S/C12H10ClN3O2/c13-10(11(17)9-6-14-7-15-9)12(18)16-8-4-2-1-3-5-8/h1-7,10H,(H,14,15)(H,16,18). The predicted octanol–water partition coefficient (Wildman–Crippen LogP) is 1.84. The molecule has 0 spiro atoms. The van der Waals surface area contributed by atoms with Crippen LogP contribution in [0.2, 0.25) is 0 Å². The summed E-state index contributed by atoms with van der Waals surface area (Å²) >= 11 is 5.81. The van der Waals surface area contributed by atoms with Crippen LogP contribution in [0.5, 0.6) is 0 Å². The molecule has 18 heavy (non-hydrogen) atoms. The average Bonchev–Trinajstić information content (AvgIpc) is 2.92. The molecule has 1 aromatic carbocycles. The van der Waals surface area contributed by atoms with Gasteiger partial charge in [0.15, 0.2) is 5.38 Å². The fourth-order valence-corrected chi connectivity index (χ4v) is 1.55. The van der Waals surface area contributed by atoms with Gasteiger partial charge in [-0.05, 0) is 12.1 Å². The summed E-state index contributed by atoms with van der Waals surface area (Å²) in [5.41, 5.74) is 0.795. The Hall–Kier alpha value is -2.14. The first-order chi connectivity index (χ1) is 8.68. The van der Waals surface area contributed by atoms with E-state index < -0.39 is 17.1 Å². The van der Waals surface area contributed by atoms with Crippen LogP contribution in [0.25, 0.3) is 0 Å². The lowest BCUT2D eigenvalue weighted by molar-refractivity contribution is -0.115. The van der Waals surface area contributed by atoms with E-state index in [2.05, 4.69) is 15.3 Å². The van der Waals surface area contributed by atoms with Crippen molar-refractivity contribution in [2.24, 2.45) is 0 Å². The molecular formula is C12H10ClN3O2. The highest BCUT2D eigenvalue weighted by Crippen LogP contribution is 2.10. The molecular weight excluding hydrogens is 254 g/mol. The number of alkyl halides is 1. The Morgan fingerprint density at radius 1 is 1.28 bits per heavy atom. The third kappa shape index (κ3) is 2.75. The van der Waals surface area contributed by atoms with Gasteiger partial charge in [-0.2, -0.15) is 0 Å². The first-order valence-electron chi connectivity index (χ1n) is 5.21. The minimum atomic E-state index is -1.29. The van der Waals surface area contributed by atoms with Crippen LogP contribution in [-0.2, 0) is 4.79 Å². The van der Waals surface area contributed by atoms with Crippen LogP contribution < -0.4 is 5.32 Å². The molecule has 92 valence electrons. The van der Waals surface area contributed by atoms with Gasteiger partial charge in [-0.25, -0.2) is 4.98 Å². The number of amides is 1. The molecule has 0 saturated heterocycles. The van der Waals surface area contributed by atoms with Gasteiger partial charge in [-0.3, -0.25) is 9.59 Å². The molecule has 2 rings (SSSR count). The highest BCUT2D eigenvalue weighted by Gasteiger charge is 2.26. The van der Waals surface area contributed by atoms with Crippen molar-refractivity contribution in [2.75, 3.05) is 5.32 Å². The Balaban J connectivity index is 2.03. The Labute approximate surface area is 108 Å². The zero-order chi connectivity index (χ0) is 13.0. The maximum Gasteiger partial charge on any atom is 0.250 e. The van der Waals surface area contributed by atoms with Crippen molar-refractivity contribution >= 4 is 29.0 Å². The zero-order valence-electron chi connectivity index (χ0n) is 9.26. The molecule has 6 heteroatoms. The first kappa shape index (κ1) is 12.3. The molecule has 0 saturated carbocycles. The molecule has 0 fully saturated rings. The molecule has 1 unspecified atom stereocenters. The van der Waals surface area contributed by atoms with E-state index in [9.17, 15) is 9.59 Å². The molecule has 1 atom stereocenters. The Morgan fingerprint density at radius 2 is 2.00 bits per heavy atom. The number of ketones is 1.